The van der Waals surface area contributed by atoms with Crippen LogP contribution in [0, 0.1) is 0 Å². The first-order valence-electron chi connectivity index (χ1n) is 42.4. The molecule has 0 N–H and O–H groups in total. The molecule has 26 aromatic rings. The Hall–Kier alpha value is -17.2. The maximum Gasteiger partial charge on any atom is 0.238 e. The minimum atomic E-state index is 0.546. The van der Waals surface area contributed by atoms with E-state index in [4.69, 9.17) is 38.7 Å². The van der Waals surface area contributed by atoms with Crippen LogP contribution in [0.3, 0.4) is 0 Å². The third kappa shape index (κ3) is 12.1. The fraction of sp³-hybridized carbons (Fsp3) is 0. The van der Waals surface area contributed by atoms with E-state index in [0.29, 0.717) is 35.2 Å². The van der Waals surface area contributed by atoms with E-state index < -0.39 is 0 Å². The van der Waals surface area contributed by atoms with Crippen molar-refractivity contribution >= 4 is 131 Å². The molecule has 0 aliphatic heterocycles. The molecule has 0 saturated heterocycles. The van der Waals surface area contributed by atoms with Gasteiger partial charge in [0.1, 0.15) is 22.3 Å². The van der Waals surface area contributed by atoms with E-state index in [1.54, 1.807) is 0 Å². The zero-order chi connectivity index (χ0) is 82.9. The zero-order valence-corrected chi connectivity index (χ0v) is 67.7. The van der Waals surface area contributed by atoms with E-state index in [-0.39, 0.29) is 0 Å². The number of aromatic nitrogens is 10. The SMILES string of the molecule is c1ccc(-c2ccc3c(c2)c2ccccc2n3-c2nc(-c3cccc(-c4ccc5c(c4)c4ccccc4n5-c4ccccc4)c3)nc(-c3ccc4oc5ccccc5c4c3)n2)cc1.c1ccc(-c2ccc3c(c2)c2ccccc2n3-c2nc(-c3cccc(-c4ccc5c6ccccc6n(-c6ccccc6)c5c4)c3)nc(-c3ccc4oc5ccccc5c4c3)n2)cc1. The zero-order valence-electron chi connectivity index (χ0n) is 67.7. The van der Waals surface area contributed by atoms with E-state index >= 15 is 0 Å². The average molecular weight is 1610 g/mol. The van der Waals surface area contributed by atoms with E-state index in [1.165, 1.54) is 49.2 Å². The lowest BCUT2D eigenvalue weighted by Gasteiger charge is -2.12. The van der Waals surface area contributed by atoms with Crippen LogP contribution in [0.25, 0.3) is 244 Å². The summed E-state index contributed by atoms with van der Waals surface area (Å²) in [6, 6.07) is 149. The van der Waals surface area contributed by atoms with Gasteiger partial charge in [-0.25, -0.2) is 9.97 Å². The van der Waals surface area contributed by atoms with Crippen molar-refractivity contribution in [2.45, 2.75) is 0 Å². The Bertz CT molecular complexity index is 8860. The Kier molecular flexibility index (Phi) is 16.7. The van der Waals surface area contributed by atoms with Crippen LogP contribution in [0.4, 0.5) is 0 Å². The molecule has 0 bridgehead atoms. The minimum absolute atomic E-state index is 0.546. The molecule has 0 radical (unpaired) electrons. The second-order valence-electron chi connectivity index (χ2n) is 32.1. The molecule has 0 amide bonds. The summed E-state index contributed by atoms with van der Waals surface area (Å²) in [7, 11) is 0. The lowest BCUT2D eigenvalue weighted by atomic mass is 10.0. The number of fused-ring (bicyclic) bond motifs is 18. The first-order chi connectivity index (χ1) is 62.4. The van der Waals surface area contributed by atoms with Crippen LogP contribution >= 0.6 is 0 Å². The summed E-state index contributed by atoms with van der Waals surface area (Å²) in [5.41, 5.74) is 26.9. The first kappa shape index (κ1) is 71.7. The highest BCUT2D eigenvalue weighted by Crippen LogP contribution is 2.44. The van der Waals surface area contributed by atoms with Crippen molar-refractivity contribution in [1.82, 2.24) is 48.2 Å². The Morgan fingerprint density at radius 2 is 0.405 bits per heavy atom. The molecule has 18 aromatic carbocycles. The van der Waals surface area contributed by atoms with Crippen LogP contribution in [0.5, 0.6) is 0 Å². The Balaban J connectivity index is 0.000000137. The number of hydrogen-bond donors (Lipinski definition) is 0. The lowest BCUT2D eigenvalue weighted by molar-refractivity contribution is 0.668. The van der Waals surface area contributed by atoms with Gasteiger partial charge in [0.15, 0.2) is 23.3 Å². The predicted molar refractivity (Wildman–Crippen MR) is 515 cm³/mol. The molecule has 0 aliphatic rings. The van der Waals surface area contributed by atoms with Crippen LogP contribution in [0.1, 0.15) is 0 Å². The normalized spacial score (nSPS) is 11.8. The third-order valence-corrected chi connectivity index (χ3v) is 24.8. The standard InChI is InChI=1S/2C57H35N5O/c1-3-14-36(15-4-1)38-26-30-52-47(33-38)44-21-8-11-24-50(44)62(52)57-59-55(58-56(60-57)41-28-31-54-48(35-41)45-22-9-12-25-53(45)63-54)40-17-13-16-37(32-40)39-27-29-51-46(34-39)43-20-7-10-23-49(43)61(51)42-18-5-2-6-19-42;1-3-14-36(15-4-1)38-27-30-51-47(33-38)44-21-8-11-24-50(44)62(51)57-59-55(58-56(60-57)41-28-31-54-48(34-41)46-22-9-12-25-53(46)63-54)40-17-13-16-37(32-40)39-26-29-45-43-20-7-10-23-49(43)61(52(45)35-39)42-18-5-2-6-19-42/h2*1-35H. The van der Waals surface area contributed by atoms with Crippen molar-refractivity contribution in [1.29, 1.82) is 0 Å². The van der Waals surface area contributed by atoms with Gasteiger partial charge in [0.05, 0.1) is 44.1 Å². The van der Waals surface area contributed by atoms with Gasteiger partial charge < -0.3 is 18.0 Å². The molecule has 0 saturated carbocycles. The maximum atomic E-state index is 6.23. The van der Waals surface area contributed by atoms with Gasteiger partial charge >= 0.3 is 0 Å². The van der Waals surface area contributed by atoms with Crippen LogP contribution in [-0.4, -0.2) is 48.2 Å². The highest BCUT2D eigenvalue weighted by molar-refractivity contribution is 6.15. The molecule has 12 nitrogen and oxygen atoms in total. The van der Waals surface area contributed by atoms with E-state index in [0.717, 1.165) is 160 Å². The lowest BCUT2D eigenvalue weighted by Crippen LogP contribution is -2.06. The number of furan rings is 2. The summed E-state index contributed by atoms with van der Waals surface area (Å²) in [5, 5.41) is 13.5. The molecule has 26 rings (SSSR count). The van der Waals surface area contributed by atoms with Crippen molar-refractivity contribution in [3.63, 3.8) is 0 Å². The molecular weight excluding hydrogens is 1540 g/mol. The summed E-state index contributed by atoms with van der Waals surface area (Å²) >= 11 is 0. The molecule has 0 atom stereocenters. The van der Waals surface area contributed by atoms with Crippen LogP contribution in [0.15, 0.2) is 433 Å². The minimum Gasteiger partial charge on any atom is -0.456 e. The van der Waals surface area contributed by atoms with E-state index in [1.807, 2.05) is 60.7 Å². The third-order valence-electron chi connectivity index (χ3n) is 24.8. The molecule has 12 heteroatoms. The van der Waals surface area contributed by atoms with Gasteiger partial charge in [-0.2, -0.15) is 19.9 Å². The second kappa shape index (κ2) is 29.3. The number of nitrogens with zero attached hydrogens (tertiary/aromatic N) is 10. The number of hydrogen-bond acceptors (Lipinski definition) is 8. The van der Waals surface area contributed by atoms with Crippen molar-refractivity contribution in [2.75, 3.05) is 0 Å². The van der Waals surface area contributed by atoms with E-state index in [9.17, 15) is 0 Å². The molecule has 8 aromatic heterocycles. The summed E-state index contributed by atoms with van der Waals surface area (Å²) in [4.78, 5) is 31.8. The van der Waals surface area contributed by atoms with Crippen molar-refractivity contribution in [2.24, 2.45) is 0 Å². The largest absolute Gasteiger partial charge is 0.456 e. The Morgan fingerprint density at radius 3 is 0.833 bits per heavy atom. The van der Waals surface area contributed by atoms with Crippen molar-refractivity contribution < 1.29 is 8.83 Å². The van der Waals surface area contributed by atoms with Crippen LogP contribution in [0.2, 0.25) is 0 Å². The summed E-state index contributed by atoms with van der Waals surface area (Å²) in [6.45, 7) is 0. The smallest absolute Gasteiger partial charge is 0.238 e. The van der Waals surface area contributed by atoms with Gasteiger partial charge in [-0.15, -0.1) is 0 Å². The summed E-state index contributed by atoms with van der Waals surface area (Å²) in [6.07, 6.45) is 0. The molecule has 0 unspecified atom stereocenters. The fourth-order valence-electron chi connectivity index (χ4n) is 18.9. The molecule has 0 fully saturated rings. The van der Waals surface area contributed by atoms with Gasteiger partial charge in [-0.1, -0.05) is 273 Å². The number of rotatable bonds is 12. The molecule has 588 valence electrons. The van der Waals surface area contributed by atoms with Crippen LogP contribution < -0.4 is 0 Å². The highest BCUT2D eigenvalue weighted by Gasteiger charge is 2.25. The number of benzene rings is 18. The van der Waals surface area contributed by atoms with Crippen molar-refractivity contribution in [3.05, 3.63) is 425 Å². The molecule has 0 aliphatic carbocycles. The predicted octanol–water partition coefficient (Wildman–Crippen LogP) is 29.3. The molecule has 0 spiro atoms. The Labute approximate surface area is 721 Å². The summed E-state index contributed by atoms with van der Waals surface area (Å²) < 4.78 is 21.5. The van der Waals surface area contributed by atoms with Gasteiger partial charge in [-0.05, 0) is 196 Å². The van der Waals surface area contributed by atoms with Gasteiger partial charge in [-0.3, -0.25) is 9.13 Å². The van der Waals surface area contributed by atoms with Crippen molar-refractivity contribution in [3.8, 4) is 113 Å². The van der Waals surface area contributed by atoms with Gasteiger partial charge in [0.2, 0.25) is 11.9 Å². The van der Waals surface area contributed by atoms with Gasteiger partial charge in [0.25, 0.3) is 0 Å². The van der Waals surface area contributed by atoms with Crippen LogP contribution in [-0.2, 0) is 0 Å². The average Bonchev–Trinajstić information content (AvgIpc) is 1.61. The maximum absolute atomic E-state index is 6.23. The molecule has 8 heterocycles. The fourth-order valence-corrected chi connectivity index (χ4v) is 18.9. The molecule has 126 heavy (non-hydrogen) atoms. The summed E-state index contributed by atoms with van der Waals surface area (Å²) in [5.74, 6) is 3.42. The monoisotopic (exact) mass is 1610 g/mol. The molecular formula is C114H70N10O2. The van der Waals surface area contributed by atoms with Gasteiger partial charge in [0, 0.05) is 98.3 Å². The number of para-hydroxylation sites is 8. The quantitative estimate of drug-likeness (QED) is 0.118. The second-order valence-corrected chi connectivity index (χ2v) is 32.1. The van der Waals surface area contributed by atoms with E-state index in [2.05, 4.69) is 382 Å². The first-order valence-corrected chi connectivity index (χ1v) is 42.4. The highest BCUT2D eigenvalue weighted by atomic mass is 16.3. The topological polar surface area (TPSA) is 123 Å². The Morgan fingerprint density at radius 1 is 0.143 bits per heavy atom.